The Balaban J connectivity index is 3.17. The zero-order chi connectivity index (χ0) is 7.56. The summed E-state index contributed by atoms with van der Waals surface area (Å²) in [5.41, 5.74) is 1.79. The third-order valence-corrected chi connectivity index (χ3v) is 1.47. The van der Waals surface area contributed by atoms with E-state index in [0.717, 1.165) is 11.4 Å². The van der Waals surface area contributed by atoms with Gasteiger partial charge in [-0.15, -0.1) is 0 Å². The van der Waals surface area contributed by atoms with E-state index in [1.807, 2.05) is 14.0 Å². The lowest BCUT2D eigenvalue weighted by molar-refractivity contribution is 0.740. The Hall–Kier alpha value is -0.990. The van der Waals surface area contributed by atoms with Crippen LogP contribution in [0, 0.1) is 6.92 Å². The van der Waals surface area contributed by atoms with E-state index in [0.29, 0.717) is 0 Å². The van der Waals surface area contributed by atoms with Gasteiger partial charge in [0, 0.05) is 7.05 Å². The summed E-state index contributed by atoms with van der Waals surface area (Å²) >= 11 is 4.45. The largest absolute Gasteiger partial charge is 0.271 e. The van der Waals surface area contributed by atoms with E-state index in [4.69, 9.17) is 0 Å². The van der Waals surface area contributed by atoms with Crippen LogP contribution in [-0.4, -0.2) is 14.9 Å². The topological polar surface area (TPSA) is 30.2 Å². The highest BCUT2D eigenvalue weighted by atomic mass is 32.1. The summed E-state index contributed by atoms with van der Waals surface area (Å²) < 4.78 is 1.74. The minimum atomic E-state index is 0.789. The van der Waals surface area contributed by atoms with Crippen LogP contribution in [0.25, 0.3) is 0 Å². The molecule has 0 aliphatic heterocycles. The van der Waals surface area contributed by atoms with Crippen molar-refractivity contribution in [1.82, 2.24) is 9.78 Å². The van der Waals surface area contributed by atoms with Crippen LogP contribution >= 0.6 is 12.2 Å². The molecule has 1 heterocycles. The number of nitrogens with zero attached hydrogens (tertiary/aromatic N) is 3. The van der Waals surface area contributed by atoms with Crippen molar-refractivity contribution < 1.29 is 0 Å². The zero-order valence-corrected chi connectivity index (χ0v) is 6.64. The lowest BCUT2D eigenvalue weighted by atomic mass is 10.4. The molecule has 10 heavy (non-hydrogen) atoms. The molecule has 0 aliphatic carbocycles. The first-order valence-corrected chi connectivity index (χ1v) is 3.23. The molecule has 0 bridgehead atoms. The Labute approximate surface area is 64.4 Å². The number of hydrogen-bond donors (Lipinski definition) is 0. The minimum Gasteiger partial charge on any atom is -0.271 e. The molecular formula is C6H7N3S. The van der Waals surface area contributed by atoms with Gasteiger partial charge in [-0.3, -0.25) is 4.68 Å². The molecule has 1 rings (SSSR count). The van der Waals surface area contributed by atoms with E-state index in [9.17, 15) is 0 Å². The number of aryl methyl sites for hydroxylation is 1. The second-order valence-electron chi connectivity index (χ2n) is 1.94. The van der Waals surface area contributed by atoms with Crippen molar-refractivity contribution in [2.75, 3.05) is 0 Å². The number of isothiocyanates is 1. The fourth-order valence-corrected chi connectivity index (χ4v) is 0.744. The predicted molar refractivity (Wildman–Crippen MR) is 42.6 cm³/mol. The van der Waals surface area contributed by atoms with Gasteiger partial charge in [0.15, 0.2) is 0 Å². The highest BCUT2D eigenvalue weighted by molar-refractivity contribution is 7.78. The molecule has 4 heteroatoms. The van der Waals surface area contributed by atoms with Crippen molar-refractivity contribution in [2.24, 2.45) is 12.0 Å². The Morgan fingerprint density at radius 3 is 2.90 bits per heavy atom. The Morgan fingerprint density at radius 2 is 2.50 bits per heavy atom. The first kappa shape index (κ1) is 7.12. The van der Waals surface area contributed by atoms with Crippen molar-refractivity contribution in [1.29, 1.82) is 0 Å². The van der Waals surface area contributed by atoms with Crippen molar-refractivity contribution in [3.05, 3.63) is 11.9 Å². The van der Waals surface area contributed by atoms with Gasteiger partial charge in [0.1, 0.15) is 5.69 Å². The molecule has 52 valence electrons. The van der Waals surface area contributed by atoms with Crippen LogP contribution < -0.4 is 0 Å². The third kappa shape index (κ3) is 1.12. The average molecular weight is 153 g/mol. The maximum absolute atomic E-state index is 4.45. The van der Waals surface area contributed by atoms with E-state index in [1.54, 1.807) is 10.9 Å². The standard InChI is InChI=1S/C6H7N3S/c1-5-6(7-4-10)3-8-9(5)2/h3H,1-2H3. The van der Waals surface area contributed by atoms with Gasteiger partial charge in [-0.2, -0.15) is 10.1 Å². The molecule has 0 fully saturated rings. The highest BCUT2D eigenvalue weighted by Crippen LogP contribution is 2.14. The lowest BCUT2D eigenvalue weighted by Crippen LogP contribution is -1.91. The Kier molecular flexibility index (Phi) is 1.94. The van der Waals surface area contributed by atoms with Crippen LogP contribution in [0.3, 0.4) is 0 Å². The number of rotatable bonds is 1. The van der Waals surface area contributed by atoms with Gasteiger partial charge in [-0.1, -0.05) is 0 Å². The molecule has 0 amide bonds. The monoisotopic (exact) mass is 153 g/mol. The molecule has 0 atom stereocenters. The second-order valence-corrected chi connectivity index (χ2v) is 2.12. The number of thiocarbonyl (C=S) groups is 1. The summed E-state index contributed by atoms with van der Waals surface area (Å²) in [4.78, 5) is 3.81. The number of aromatic nitrogens is 2. The van der Waals surface area contributed by atoms with Gasteiger partial charge in [-0.25, -0.2) is 0 Å². The van der Waals surface area contributed by atoms with Crippen LogP contribution in [-0.2, 0) is 7.05 Å². The second kappa shape index (κ2) is 2.73. The SMILES string of the molecule is Cc1c(N=C=S)cnn1C. The van der Waals surface area contributed by atoms with Gasteiger partial charge in [-0.05, 0) is 19.1 Å². The van der Waals surface area contributed by atoms with E-state index < -0.39 is 0 Å². The summed E-state index contributed by atoms with van der Waals surface area (Å²) in [7, 11) is 1.86. The summed E-state index contributed by atoms with van der Waals surface area (Å²) in [6.07, 6.45) is 1.66. The first-order valence-electron chi connectivity index (χ1n) is 2.82. The molecular weight excluding hydrogens is 146 g/mol. The van der Waals surface area contributed by atoms with Gasteiger partial charge >= 0.3 is 0 Å². The van der Waals surface area contributed by atoms with Crippen LogP contribution in [0.4, 0.5) is 5.69 Å². The van der Waals surface area contributed by atoms with E-state index >= 15 is 0 Å². The Morgan fingerprint density at radius 1 is 1.80 bits per heavy atom. The molecule has 0 saturated heterocycles. The molecule has 0 unspecified atom stereocenters. The zero-order valence-electron chi connectivity index (χ0n) is 5.83. The molecule has 3 nitrogen and oxygen atoms in total. The smallest absolute Gasteiger partial charge is 0.115 e. The molecule has 0 aromatic carbocycles. The normalized spacial score (nSPS) is 9.00. The summed E-state index contributed by atoms with van der Waals surface area (Å²) in [5, 5.41) is 6.26. The molecule has 0 N–H and O–H groups in total. The van der Waals surface area contributed by atoms with Crippen molar-refractivity contribution >= 4 is 23.1 Å². The summed E-state index contributed by atoms with van der Waals surface area (Å²) in [6.45, 7) is 1.93. The third-order valence-electron chi connectivity index (χ3n) is 1.38. The van der Waals surface area contributed by atoms with Crippen molar-refractivity contribution in [3.8, 4) is 0 Å². The molecule has 0 spiro atoms. The molecule has 0 aliphatic rings. The van der Waals surface area contributed by atoms with E-state index in [1.165, 1.54) is 0 Å². The summed E-state index contributed by atoms with van der Waals surface area (Å²) in [5.74, 6) is 0. The Bertz CT molecular complexity index is 283. The van der Waals surface area contributed by atoms with Gasteiger partial charge in [0.05, 0.1) is 17.1 Å². The van der Waals surface area contributed by atoms with Crippen molar-refractivity contribution in [2.45, 2.75) is 6.92 Å². The van der Waals surface area contributed by atoms with E-state index in [-0.39, 0.29) is 0 Å². The first-order chi connectivity index (χ1) is 4.75. The number of aliphatic imine (C=N–C) groups is 1. The van der Waals surface area contributed by atoms with Crippen LogP contribution in [0.5, 0.6) is 0 Å². The molecule has 0 saturated carbocycles. The highest BCUT2D eigenvalue weighted by Gasteiger charge is 1.98. The number of hydrogen-bond acceptors (Lipinski definition) is 3. The summed E-state index contributed by atoms with van der Waals surface area (Å²) in [6, 6.07) is 0. The minimum absolute atomic E-state index is 0.789. The molecule has 0 radical (unpaired) electrons. The maximum atomic E-state index is 4.45. The van der Waals surface area contributed by atoms with Crippen LogP contribution in [0.15, 0.2) is 11.2 Å². The van der Waals surface area contributed by atoms with Crippen LogP contribution in [0.2, 0.25) is 0 Å². The van der Waals surface area contributed by atoms with Gasteiger partial charge in [0.25, 0.3) is 0 Å². The lowest BCUT2D eigenvalue weighted by Gasteiger charge is -1.90. The van der Waals surface area contributed by atoms with Crippen molar-refractivity contribution in [3.63, 3.8) is 0 Å². The molecule has 1 aromatic rings. The average Bonchev–Trinajstić information content (AvgIpc) is 2.20. The van der Waals surface area contributed by atoms with Gasteiger partial charge < -0.3 is 0 Å². The maximum Gasteiger partial charge on any atom is 0.115 e. The quantitative estimate of drug-likeness (QED) is 0.451. The van der Waals surface area contributed by atoms with Crippen LogP contribution in [0.1, 0.15) is 5.69 Å². The van der Waals surface area contributed by atoms with E-state index in [2.05, 4.69) is 27.5 Å². The predicted octanol–water partition coefficient (Wildman–Crippen LogP) is 1.46. The fourth-order valence-electron chi connectivity index (χ4n) is 0.646. The van der Waals surface area contributed by atoms with Gasteiger partial charge in [0.2, 0.25) is 0 Å². The molecule has 1 aromatic heterocycles. The fraction of sp³-hybridized carbons (Fsp3) is 0.333.